The molecule has 3 N–H and O–H groups in total. The summed E-state index contributed by atoms with van der Waals surface area (Å²) in [6.45, 7) is 0.794. The fraction of sp³-hybridized carbons (Fsp3) is 0.250. The molecule has 0 saturated carbocycles. The normalized spacial score (nSPS) is 18.7. The summed E-state index contributed by atoms with van der Waals surface area (Å²) >= 11 is 0. The highest BCUT2D eigenvalue weighted by Gasteiger charge is 2.51. The number of nitrogens with zero attached hydrogens (tertiary/aromatic N) is 4. The largest absolute Gasteiger partial charge is 0.337 e. The smallest absolute Gasteiger partial charge is 0.334 e. The first-order valence-electron chi connectivity index (χ1n) is 15.4. The third-order valence-corrected chi connectivity index (χ3v) is 8.63. The molecule has 0 aliphatic carbocycles. The molecule has 4 amide bonds. The van der Waals surface area contributed by atoms with E-state index in [1.807, 2.05) is 102 Å². The summed E-state index contributed by atoms with van der Waals surface area (Å²) in [6, 6.07) is 38.3. The first kappa shape index (κ1) is 30.1. The van der Waals surface area contributed by atoms with Gasteiger partial charge in [-0.1, -0.05) is 121 Å². The van der Waals surface area contributed by atoms with Gasteiger partial charge in [-0.15, -0.1) is 0 Å². The van der Waals surface area contributed by atoms with E-state index in [0.29, 0.717) is 25.1 Å². The Bertz CT molecular complexity index is 1550. The van der Waals surface area contributed by atoms with Crippen LogP contribution >= 0.6 is 0 Å². The summed E-state index contributed by atoms with van der Waals surface area (Å²) in [5.74, 6) is -0.338. The number of fused-ring (bicyclic) bond motifs is 1. The lowest BCUT2D eigenvalue weighted by Gasteiger charge is -2.55. The van der Waals surface area contributed by atoms with Crippen LogP contribution in [0, 0.1) is 0 Å². The van der Waals surface area contributed by atoms with Crippen molar-refractivity contribution in [2.24, 2.45) is 5.73 Å². The molecule has 9 heteroatoms. The second-order valence-electron chi connectivity index (χ2n) is 11.4. The van der Waals surface area contributed by atoms with E-state index in [9.17, 15) is 14.4 Å². The van der Waals surface area contributed by atoms with Crippen molar-refractivity contribution in [1.82, 2.24) is 25.1 Å². The number of rotatable bonds is 9. The maximum Gasteiger partial charge on any atom is 0.334 e. The van der Waals surface area contributed by atoms with E-state index >= 15 is 0 Å². The van der Waals surface area contributed by atoms with Crippen LogP contribution in [0.15, 0.2) is 121 Å². The molecule has 2 atom stereocenters. The van der Waals surface area contributed by atoms with E-state index < -0.39 is 12.2 Å². The van der Waals surface area contributed by atoms with Gasteiger partial charge in [0, 0.05) is 19.0 Å². The monoisotopic (exact) mass is 602 g/mol. The van der Waals surface area contributed by atoms with Gasteiger partial charge in [0.1, 0.15) is 12.2 Å². The van der Waals surface area contributed by atoms with E-state index in [2.05, 4.69) is 29.6 Å². The van der Waals surface area contributed by atoms with Gasteiger partial charge in [-0.25, -0.2) is 9.80 Å². The quantitative estimate of drug-likeness (QED) is 0.298. The predicted molar refractivity (Wildman–Crippen MR) is 172 cm³/mol. The zero-order valence-corrected chi connectivity index (χ0v) is 25.1. The van der Waals surface area contributed by atoms with Gasteiger partial charge in [-0.2, -0.15) is 5.01 Å². The van der Waals surface area contributed by atoms with E-state index in [1.165, 1.54) is 16.1 Å². The summed E-state index contributed by atoms with van der Waals surface area (Å²) in [6.07, 6.45) is -0.0664. The Morgan fingerprint density at radius 1 is 0.800 bits per heavy atom. The highest BCUT2D eigenvalue weighted by Crippen LogP contribution is 2.36. The zero-order valence-electron chi connectivity index (χ0n) is 25.1. The van der Waals surface area contributed by atoms with E-state index in [1.54, 1.807) is 9.91 Å². The summed E-state index contributed by atoms with van der Waals surface area (Å²) in [5.41, 5.74) is 10.1. The van der Waals surface area contributed by atoms with Crippen molar-refractivity contribution in [1.29, 1.82) is 0 Å². The topological polar surface area (TPSA) is 102 Å². The molecule has 0 spiro atoms. The first-order chi connectivity index (χ1) is 22.0. The molecule has 4 aromatic rings. The number of carbonyl (C=O) groups excluding carboxylic acids is 3. The molecule has 0 bridgehead atoms. The number of piperazine rings is 1. The molecule has 2 saturated heterocycles. The van der Waals surface area contributed by atoms with Crippen molar-refractivity contribution < 1.29 is 14.4 Å². The van der Waals surface area contributed by atoms with Gasteiger partial charge < -0.3 is 20.9 Å². The van der Waals surface area contributed by atoms with Crippen molar-refractivity contribution >= 4 is 17.8 Å². The lowest BCUT2D eigenvalue weighted by molar-refractivity contribution is -0.191. The Morgan fingerprint density at radius 3 is 1.93 bits per heavy atom. The maximum atomic E-state index is 14.3. The molecular formula is C36H38N6O3. The molecule has 6 rings (SSSR count). The molecular weight excluding hydrogens is 564 g/mol. The van der Waals surface area contributed by atoms with Crippen LogP contribution in [-0.2, 0) is 16.1 Å². The Labute approximate surface area is 263 Å². The van der Waals surface area contributed by atoms with Crippen LogP contribution in [0.1, 0.15) is 40.6 Å². The molecule has 230 valence electrons. The van der Waals surface area contributed by atoms with Gasteiger partial charge in [0.25, 0.3) is 0 Å². The minimum atomic E-state index is -0.867. The molecule has 2 fully saturated rings. The second kappa shape index (κ2) is 13.8. The molecule has 0 radical (unpaired) electrons. The molecule has 45 heavy (non-hydrogen) atoms. The minimum absolute atomic E-state index is 0.0249. The summed E-state index contributed by atoms with van der Waals surface area (Å²) in [7, 11) is 0. The summed E-state index contributed by atoms with van der Waals surface area (Å²) in [4.78, 5) is 45.3. The molecule has 0 unspecified atom stereocenters. The Morgan fingerprint density at radius 2 is 1.36 bits per heavy atom. The number of amides is 4. The highest BCUT2D eigenvalue weighted by molar-refractivity contribution is 5.92. The fourth-order valence-corrected chi connectivity index (χ4v) is 6.44. The van der Waals surface area contributed by atoms with Crippen molar-refractivity contribution in [2.75, 3.05) is 26.3 Å². The van der Waals surface area contributed by atoms with Crippen LogP contribution in [0.4, 0.5) is 4.79 Å². The number of hydrazine groups is 1. The van der Waals surface area contributed by atoms with Crippen molar-refractivity contribution in [3.8, 4) is 0 Å². The molecule has 9 nitrogen and oxygen atoms in total. The number of nitrogens with one attached hydrogen (secondary N) is 1. The van der Waals surface area contributed by atoms with Gasteiger partial charge in [-0.05, 0) is 28.7 Å². The first-order valence-corrected chi connectivity index (χ1v) is 15.4. The van der Waals surface area contributed by atoms with Crippen molar-refractivity contribution in [3.63, 3.8) is 0 Å². The van der Waals surface area contributed by atoms with Crippen LogP contribution in [-0.4, -0.2) is 70.1 Å². The Kier molecular flexibility index (Phi) is 9.19. The van der Waals surface area contributed by atoms with Gasteiger partial charge in [-0.3, -0.25) is 9.59 Å². The highest BCUT2D eigenvalue weighted by atomic mass is 16.2. The average molecular weight is 603 g/mol. The van der Waals surface area contributed by atoms with Crippen LogP contribution in [0.2, 0.25) is 0 Å². The van der Waals surface area contributed by atoms with Crippen LogP contribution in [0.5, 0.6) is 0 Å². The summed E-state index contributed by atoms with van der Waals surface area (Å²) < 4.78 is 0. The van der Waals surface area contributed by atoms with Crippen LogP contribution < -0.4 is 11.1 Å². The Hall–Kier alpha value is -4.99. The number of nitrogens with two attached hydrogens (primary N) is 1. The van der Waals surface area contributed by atoms with E-state index in [-0.39, 0.29) is 43.5 Å². The lowest BCUT2D eigenvalue weighted by Crippen LogP contribution is -2.75. The SMILES string of the molecule is NCN1CC(=O)N2[C@@H](c3ccccc3)C(=O)N(CCC(c3ccccc3)c3ccccc3)C[C@@H]2N1C(=O)NCc1ccccc1. The zero-order chi connectivity index (χ0) is 31.2. The molecule has 2 heterocycles. The minimum Gasteiger partial charge on any atom is -0.337 e. The van der Waals surface area contributed by atoms with Gasteiger partial charge in [0.2, 0.25) is 11.8 Å². The number of benzene rings is 4. The molecule has 2 aliphatic rings. The lowest BCUT2D eigenvalue weighted by atomic mass is 9.88. The van der Waals surface area contributed by atoms with E-state index in [0.717, 1.165) is 5.56 Å². The van der Waals surface area contributed by atoms with Crippen LogP contribution in [0.3, 0.4) is 0 Å². The van der Waals surface area contributed by atoms with E-state index in [4.69, 9.17) is 5.73 Å². The maximum absolute atomic E-state index is 14.3. The number of hydrogen-bond donors (Lipinski definition) is 2. The van der Waals surface area contributed by atoms with Gasteiger partial charge >= 0.3 is 6.03 Å². The fourth-order valence-electron chi connectivity index (χ4n) is 6.44. The molecule has 2 aliphatic heterocycles. The summed E-state index contributed by atoms with van der Waals surface area (Å²) in [5, 5.41) is 6.10. The van der Waals surface area contributed by atoms with Crippen LogP contribution in [0.25, 0.3) is 0 Å². The molecule has 0 aromatic heterocycles. The molecule has 4 aromatic carbocycles. The van der Waals surface area contributed by atoms with Crippen molar-refractivity contribution in [3.05, 3.63) is 144 Å². The average Bonchev–Trinajstić information content (AvgIpc) is 3.09. The standard InChI is InChI=1S/C36H38N6O3/c37-26-40-25-33(43)41-32(42(40)36(45)38-23-27-13-5-1-6-14-27)24-39(35(44)34(41)30-19-11-4-12-20-30)22-21-31(28-15-7-2-8-16-28)29-17-9-3-10-18-29/h1-20,31-32,34H,21-26,37H2,(H,38,45)/t32-,34-/m0/s1. The second-order valence-corrected chi connectivity index (χ2v) is 11.4. The Balaban J connectivity index is 1.32. The third-order valence-electron chi connectivity index (χ3n) is 8.63. The number of urea groups is 1. The van der Waals surface area contributed by atoms with Crippen molar-refractivity contribution in [2.45, 2.75) is 31.1 Å². The number of carbonyl (C=O) groups is 3. The third kappa shape index (κ3) is 6.45. The van der Waals surface area contributed by atoms with Gasteiger partial charge in [0.05, 0.1) is 19.8 Å². The van der Waals surface area contributed by atoms with Gasteiger partial charge in [0.15, 0.2) is 0 Å². The predicted octanol–water partition coefficient (Wildman–Crippen LogP) is 4.31. The number of hydrogen-bond acceptors (Lipinski definition) is 5.